The van der Waals surface area contributed by atoms with Crippen LogP contribution in [0.4, 0.5) is 0 Å². The molecule has 0 fully saturated rings. The zero-order valence-electron chi connectivity index (χ0n) is 7.26. The minimum atomic E-state index is 0.488. The predicted octanol–water partition coefficient (Wildman–Crippen LogP) is 2.64. The van der Waals surface area contributed by atoms with E-state index in [-0.39, 0.29) is 0 Å². The molecule has 0 aliphatic carbocycles. The monoisotopic (exact) mass is 230 g/mol. The number of oxazole rings is 1. The number of hydrogen-bond acceptors (Lipinski definition) is 3. The van der Waals surface area contributed by atoms with Crippen LogP contribution in [0, 0.1) is 0 Å². The van der Waals surface area contributed by atoms with Crippen LogP contribution in [0.25, 0.3) is 11.1 Å². The molecule has 2 rings (SSSR count). The molecule has 2 aromatic rings. The second-order valence-corrected chi connectivity index (χ2v) is 3.67. The summed E-state index contributed by atoms with van der Waals surface area (Å²) >= 11 is 11.8. The third kappa shape index (κ3) is 1.59. The average molecular weight is 231 g/mol. The average Bonchev–Trinajstić information content (AvgIpc) is 2.57. The predicted molar refractivity (Wildman–Crippen MR) is 56.8 cm³/mol. The van der Waals surface area contributed by atoms with E-state index in [9.17, 15) is 0 Å². The van der Waals surface area contributed by atoms with Crippen LogP contribution in [0.5, 0.6) is 0 Å². The van der Waals surface area contributed by atoms with Crippen molar-refractivity contribution in [2.75, 3.05) is 6.54 Å². The molecular weight excluding hydrogens is 223 g/mol. The van der Waals surface area contributed by atoms with Crippen molar-refractivity contribution in [2.45, 2.75) is 6.42 Å². The van der Waals surface area contributed by atoms with Crippen molar-refractivity contribution in [3.8, 4) is 0 Å². The maximum Gasteiger partial charge on any atom is 0.196 e. The van der Waals surface area contributed by atoms with E-state index in [1.165, 1.54) is 0 Å². The van der Waals surface area contributed by atoms with Crippen molar-refractivity contribution in [1.29, 1.82) is 0 Å². The van der Waals surface area contributed by atoms with Crippen molar-refractivity contribution in [3.05, 3.63) is 28.1 Å². The fraction of sp³-hybridized carbons (Fsp3) is 0.222. The van der Waals surface area contributed by atoms with Gasteiger partial charge in [-0.15, -0.1) is 0 Å². The Morgan fingerprint density at radius 2 is 2.00 bits per heavy atom. The largest absolute Gasteiger partial charge is 0.439 e. The molecule has 3 nitrogen and oxygen atoms in total. The Kier molecular flexibility index (Phi) is 2.63. The number of benzene rings is 1. The lowest BCUT2D eigenvalue weighted by atomic mass is 10.3. The molecule has 1 aromatic heterocycles. The summed E-state index contributed by atoms with van der Waals surface area (Å²) in [7, 11) is 0. The zero-order chi connectivity index (χ0) is 10.1. The molecule has 0 radical (unpaired) electrons. The van der Waals surface area contributed by atoms with Crippen molar-refractivity contribution >= 4 is 34.3 Å². The second-order valence-electron chi connectivity index (χ2n) is 2.85. The lowest BCUT2D eigenvalue weighted by Crippen LogP contribution is -2.02. The highest BCUT2D eigenvalue weighted by Gasteiger charge is 2.11. The number of hydrogen-bond donors (Lipinski definition) is 1. The quantitative estimate of drug-likeness (QED) is 0.864. The normalized spacial score (nSPS) is 11.1. The van der Waals surface area contributed by atoms with Gasteiger partial charge in [0, 0.05) is 13.0 Å². The molecule has 2 N–H and O–H groups in total. The number of fused-ring (bicyclic) bond motifs is 1. The zero-order valence-corrected chi connectivity index (χ0v) is 8.77. The number of aromatic nitrogens is 1. The van der Waals surface area contributed by atoms with Gasteiger partial charge < -0.3 is 10.2 Å². The Morgan fingerprint density at radius 1 is 1.29 bits per heavy atom. The van der Waals surface area contributed by atoms with Crippen molar-refractivity contribution in [2.24, 2.45) is 5.73 Å². The van der Waals surface area contributed by atoms with Gasteiger partial charge in [-0.25, -0.2) is 4.98 Å². The molecule has 1 heterocycles. The summed E-state index contributed by atoms with van der Waals surface area (Å²) in [6.45, 7) is 0.488. The van der Waals surface area contributed by atoms with Crippen molar-refractivity contribution in [3.63, 3.8) is 0 Å². The van der Waals surface area contributed by atoms with Crippen LogP contribution < -0.4 is 5.73 Å². The summed E-state index contributed by atoms with van der Waals surface area (Å²) < 4.78 is 5.41. The van der Waals surface area contributed by atoms with Crippen LogP contribution >= 0.6 is 23.2 Å². The summed E-state index contributed by atoms with van der Waals surface area (Å²) in [6, 6.07) is 3.38. The molecule has 0 atom stereocenters. The van der Waals surface area contributed by atoms with E-state index in [1.807, 2.05) is 0 Å². The molecular formula is C9H8Cl2N2O. The van der Waals surface area contributed by atoms with Crippen LogP contribution in [-0.4, -0.2) is 11.5 Å². The summed E-state index contributed by atoms with van der Waals surface area (Å²) in [4.78, 5) is 4.20. The summed E-state index contributed by atoms with van der Waals surface area (Å²) in [6.07, 6.45) is 0.585. The molecule has 74 valence electrons. The van der Waals surface area contributed by atoms with Crippen LogP contribution in [0.15, 0.2) is 16.5 Å². The standard InChI is InChI=1S/C9H8Cl2N2O/c10-5-1-2-6(11)9-8(5)13-7(14-9)3-4-12/h1-2H,3-4,12H2. The van der Waals surface area contributed by atoms with Crippen molar-refractivity contribution < 1.29 is 4.42 Å². The van der Waals surface area contributed by atoms with Crippen molar-refractivity contribution in [1.82, 2.24) is 4.98 Å². The molecule has 0 bridgehead atoms. The third-order valence-electron chi connectivity index (χ3n) is 1.85. The van der Waals surface area contributed by atoms with E-state index in [1.54, 1.807) is 12.1 Å². The van der Waals surface area contributed by atoms with Gasteiger partial charge in [-0.1, -0.05) is 23.2 Å². The molecule has 0 aliphatic heterocycles. The van der Waals surface area contributed by atoms with Gasteiger partial charge >= 0.3 is 0 Å². The summed E-state index contributed by atoms with van der Waals surface area (Å²) in [5, 5.41) is 1.05. The van der Waals surface area contributed by atoms with E-state index in [2.05, 4.69) is 4.98 Å². The van der Waals surface area contributed by atoms with Gasteiger partial charge in [0.15, 0.2) is 11.5 Å². The third-order valence-corrected chi connectivity index (χ3v) is 2.45. The highest BCUT2D eigenvalue weighted by atomic mass is 35.5. The molecule has 1 aromatic carbocycles. The lowest BCUT2D eigenvalue weighted by Gasteiger charge is -1.91. The SMILES string of the molecule is NCCc1nc2c(Cl)ccc(Cl)c2o1. The number of halogens is 2. The molecule has 14 heavy (non-hydrogen) atoms. The van der Waals surface area contributed by atoms with Crippen LogP contribution in [-0.2, 0) is 6.42 Å². The Labute approximate surface area is 90.8 Å². The smallest absolute Gasteiger partial charge is 0.196 e. The molecule has 0 spiro atoms. The van der Waals surface area contributed by atoms with Gasteiger partial charge in [0.2, 0.25) is 0 Å². The van der Waals surface area contributed by atoms with Gasteiger partial charge in [0.25, 0.3) is 0 Å². The Hall–Kier alpha value is -0.770. The number of nitrogens with zero attached hydrogens (tertiary/aromatic N) is 1. The maximum atomic E-state index is 5.93. The molecule has 0 unspecified atom stereocenters. The molecule has 0 amide bonds. The first-order valence-corrected chi connectivity index (χ1v) is 4.91. The van der Waals surface area contributed by atoms with Crippen LogP contribution in [0.1, 0.15) is 5.89 Å². The van der Waals surface area contributed by atoms with Gasteiger partial charge in [0.1, 0.15) is 5.52 Å². The molecule has 0 saturated heterocycles. The number of rotatable bonds is 2. The minimum Gasteiger partial charge on any atom is -0.439 e. The van der Waals surface area contributed by atoms with E-state index < -0.39 is 0 Å². The van der Waals surface area contributed by atoms with Crippen LogP contribution in [0.3, 0.4) is 0 Å². The van der Waals surface area contributed by atoms with Gasteiger partial charge in [-0.05, 0) is 12.1 Å². The topological polar surface area (TPSA) is 52.0 Å². The molecule has 0 aliphatic rings. The van der Waals surface area contributed by atoms with E-state index >= 15 is 0 Å². The molecule has 5 heteroatoms. The Balaban J connectivity index is 2.63. The molecule has 0 saturated carbocycles. The maximum absolute atomic E-state index is 5.93. The minimum absolute atomic E-state index is 0.488. The first-order chi connectivity index (χ1) is 6.72. The fourth-order valence-electron chi connectivity index (χ4n) is 1.22. The Morgan fingerprint density at radius 3 is 2.64 bits per heavy atom. The van der Waals surface area contributed by atoms with Gasteiger partial charge in [0.05, 0.1) is 10.0 Å². The van der Waals surface area contributed by atoms with E-state index in [0.29, 0.717) is 40.0 Å². The highest BCUT2D eigenvalue weighted by Crippen LogP contribution is 2.29. The van der Waals surface area contributed by atoms with Gasteiger partial charge in [-0.2, -0.15) is 0 Å². The summed E-state index contributed by atoms with van der Waals surface area (Å²) in [5.74, 6) is 0.567. The van der Waals surface area contributed by atoms with E-state index in [4.69, 9.17) is 33.4 Å². The first-order valence-electron chi connectivity index (χ1n) is 4.16. The fourth-order valence-corrected chi connectivity index (χ4v) is 1.60. The highest BCUT2D eigenvalue weighted by molar-refractivity contribution is 6.39. The Bertz CT molecular complexity index is 428. The summed E-state index contributed by atoms with van der Waals surface area (Å²) in [5.41, 5.74) is 6.52. The number of nitrogens with two attached hydrogens (primary N) is 1. The van der Waals surface area contributed by atoms with Crippen LogP contribution in [0.2, 0.25) is 10.0 Å². The first kappa shape index (κ1) is 9.77. The second kappa shape index (κ2) is 3.77. The lowest BCUT2D eigenvalue weighted by molar-refractivity contribution is 0.531. The van der Waals surface area contributed by atoms with Gasteiger partial charge in [-0.3, -0.25) is 0 Å². The van der Waals surface area contributed by atoms with E-state index in [0.717, 1.165) is 0 Å².